The van der Waals surface area contributed by atoms with E-state index in [1.165, 1.54) is 23.5 Å². The standard InChI is InChI=1S/C22H21F3N2O2S/c1-2-14-5-3-7-18-19(14)26-21(30-18)27(13-17-6-4-12-29-17)20(28)15-8-10-16(11-9-15)22(23,24)25/h3,5,7-11,17H,2,4,6,12-13H2,1H3. The molecule has 3 aromatic rings. The molecule has 158 valence electrons. The Bertz CT molecular complexity index is 1040. The summed E-state index contributed by atoms with van der Waals surface area (Å²) >= 11 is 1.41. The van der Waals surface area contributed by atoms with Crippen molar-refractivity contribution in [3.05, 3.63) is 59.2 Å². The summed E-state index contributed by atoms with van der Waals surface area (Å²) in [6.07, 6.45) is -1.97. The monoisotopic (exact) mass is 434 g/mol. The van der Waals surface area contributed by atoms with Crippen LogP contribution >= 0.6 is 11.3 Å². The lowest BCUT2D eigenvalue weighted by molar-refractivity contribution is -0.137. The second-order valence-corrected chi connectivity index (χ2v) is 8.25. The van der Waals surface area contributed by atoms with E-state index in [4.69, 9.17) is 9.72 Å². The predicted molar refractivity (Wildman–Crippen MR) is 111 cm³/mol. The summed E-state index contributed by atoms with van der Waals surface area (Å²) in [6, 6.07) is 10.2. The minimum Gasteiger partial charge on any atom is -0.376 e. The minimum atomic E-state index is -4.44. The number of benzene rings is 2. The molecule has 2 heterocycles. The number of carbonyl (C=O) groups is 1. The second-order valence-electron chi connectivity index (χ2n) is 7.24. The second kappa shape index (κ2) is 8.35. The van der Waals surface area contributed by atoms with Crippen molar-refractivity contribution in [3.8, 4) is 0 Å². The van der Waals surface area contributed by atoms with E-state index >= 15 is 0 Å². The van der Waals surface area contributed by atoms with Gasteiger partial charge in [-0.15, -0.1) is 0 Å². The highest BCUT2D eigenvalue weighted by atomic mass is 32.1. The van der Waals surface area contributed by atoms with E-state index in [0.29, 0.717) is 18.3 Å². The van der Waals surface area contributed by atoms with Crippen molar-refractivity contribution >= 4 is 32.6 Å². The van der Waals surface area contributed by atoms with Gasteiger partial charge in [0.1, 0.15) is 0 Å². The van der Waals surface area contributed by atoms with Crippen molar-refractivity contribution in [1.29, 1.82) is 0 Å². The molecule has 1 atom stereocenters. The first-order chi connectivity index (χ1) is 14.4. The summed E-state index contributed by atoms with van der Waals surface area (Å²) in [5.41, 5.74) is 1.36. The van der Waals surface area contributed by atoms with Gasteiger partial charge in [-0.05, 0) is 55.2 Å². The van der Waals surface area contributed by atoms with Gasteiger partial charge < -0.3 is 4.74 Å². The first-order valence-electron chi connectivity index (χ1n) is 9.86. The third-order valence-electron chi connectivity index (χ3n) is 5.22. The van der Waals surface area contributed by atoms with E-state index in [0.717, 1.165) is 47.2 Å². The van der Waals surface area contributed by atoms with Crippen LogP contribution in [0.2, 0.25) is 0 Å². The van der Waals surface area contributed by atoms with Crippen LogP contribution in [0.15, 0.2) is 42.5 Å². The number of ether oxygens (including phenoxy) is 1. The number of thiazole rings is 1. The largest absolute Gasteiger partial charge is 0.416 e. The maximum absolute atomic E-state index is 13.3. The lowest BCUT2D eigenvalue weighted by Gasteiger charge is -2.23. The molecule has 0 spiro atoms. The zero-order valence-corrected chi connectivity index (χ0v) is 17.2. The van der Waals surface area contributed by atoms with Crippen LogP contribution in [-0.2, 0) is 17.3 Å². The lowest BCUT2D eigenvalue weighted by atomic mass is 10.1. The Balaban J connectivity index is 1.70. The van der Waals surface area contributed by atoms with Crippen LogP contribution in [0, 0.1) is 0 Å². The number of nitrogens with zero attached hydrogens (tertiary/aromatic N) is 2. The molecule has 1 aliphatic heterocycles. The van der Waals surface area contributed by atoms with Crippen molar-refractivity contribution in [2.24, 2.45) is 0 Å². The van der Waals surface area contributed by atoms with E-state index in [1.807, 2.05) is 25.1 Å². The molecule has 30 heavy (non-hydrogen) atoms. The van der Waals surface area contributed by atoms with Gasteiger partial charge in [0, 0.05) is 12.2 Å². The topological polar surface area (TPSA) is 42.4 Å². The third kappa shape index (κ3) is 4.20. The number of aryl methyl sites for hydroxylation is 1. The van der Waals surface area contributed by atoms with Gasteiger partial charge in [-0.2, -0.15) is 13.2 Å². The first-order valence-corrected chi connectivity index (χ1v) is 10.7. The van der Waals surface area contributed by atoms with E-state index in [2.05, 4.69) is 0 Å². The molecule has 1 amide bonds. The zero-order chi connectivity index (χ0) is 21.3. The molecule has 0 aliphatic carbocycles. The van der Waals surface area contributed by atoms with Crippen LogP contribution in [0.1, 0.15) is 41.3 Å². The van der Waals surface area contributed by atoms with Gasteiger partial charge in [0.15, 0.2) is 5.13 Å². The highest BCUT2D eigenvalue weighted by Crippen LogP contribution is 2.33. The Hall–Kier alpha value is -2.45. The predicted octanol–water partition coefficient (Wildman–Crippen LogP) is 5.70. The van der Waals surface area contributed by atoms with Gasteiger partial charge in [0.25, 0.3) is 5.91 Å². The number of alkyl halides is 3. The number of rotatable bonds is 5. The summed E-state index contributed by atoms with van der Waals surface area (Å²) < 4.78 is 45.3. The van der Waals surface area contributed by atoms with Gasteiger partial charge in [0.05, 0.1) is 28.4 Å². The van der Waals surface area contributed by atoms with Gasteiger partial charge in [-0.3, -0.25) is 9.69 Å². The fourth-order valence-electron chi connectivity index (χ4n) is 3.59. The van der Waals surface area contributed by atoms with Crippen LogP contribution in [0.25, 0.3) is 10.2 Å². The molecule has 1 saturated heterocycles. The fraction of sp³-hybridized carbons (Fsp3) is 0.364. The molecule has 2 aromatic carbocycles. The molecule has 1 fully saturated rings. The number of hydrogen-bond donors (Lipinski definition) is 0. The first kappa shape index (κ1) is 20.8. The number of halogens is 3. The number of anilines is 1. The Morgan fingerprint density at radius 2 is 2.00 bits per heavy atom. The molecule has 8 heteroatoms. The Morgan fingerprint density at radius 3 is 2.63 bits per heavy atom. The van der Waals surface area contributed by atoms with E-state index < -0.39 is 11.7 Å². The molecule has 1 aromatic heterocycles. The zero-order valence-electron chi connectivity index (χ0n) is 16.4. The molecule has 0 radical (unpaired) electrons. The Kier molecular flexibility index (Phi) is 5.79. The average molecular weight is 434 g/mol. The van der Waals surface area contributed by atoms with E-state index in [9.17, 15) is 18.0 Å². The van der Waals surface area contributed by atoms with Crippen molar-refractivity contribution in [3.63, 3.8) is 0 Å². The van der Waals surface area contributed by atoms with Crippen LogP contribution in [0.5, 0.6) is 0 Å². The van der Waals surface area contributed by atoms with Crippen LogP contribution in [-0.4, -0.2) is 30.1 Å². The maximum atomic E-state index is 13.3. The lowest BCUT2D eigenvalue weighted by Crippen LogP contribution is -2.37. The average Bonchev–Trinajstić information content (AvgIpc) is 3.40. The fourth-order valence-corrected chi connectivity index (χ4v) is 4.61. The van der Waals surface area contributed by atoms with Crippen molar-refractivity contribution in [2.45, 2.75) is 38.5 Å². The molecule has 0 N–H and O–H groups in total. The van der Waals surface area contributed by atoms with Gasteiger partial charge in [0.2, 0.25) is 0 Å². The number of amides is 1. The van der Waals surface area contributed by atoms with Crippen molar-refractivity contribution in [1.82, 2.24) is 4.98 Å². The quantitative estimate of drug-likeness (QED) is 0.517. The summed E-state index contributed by atoms with van der Waals surface area (Å²) in [7, 11) is 0. The Morgan fingerprint density at radius 1 is 1.23 bits per heavy atom. The molecule has 1 unspecified atom stereocenters. The number of aromatic nitrogens is 1. The van der Waals surface area contributed by atoms with Crippen LogP contribution < -0.4 is 4.90 Å². The number of fused-ring (bicyclic) bond motifs is 1. The summed E-state index contributed by atoms with van der Waals surface area (Å²) in [6.45, 7) is 3.01. The van der Waals surface area contributed by atoms with Gasteiger partial charge in [-0.1, -0.05) is 30.4 Å². The molecule has 0 bridgehead atoms. The molecular formula is C22H21F3N2O2S. The van der Waals surface area contributed by atoms with Crippen LogP contribution in [0.4, 0.5) is 18.3 Å². The maximum Gasteiger partial charge on any atom is 0.416 e. The Labute approximate surface area is 176 Å². The van der Waals surface area contributed by atoms with Gasteiger partial charge >= 0.3 is 6.18 Å². The number of hydrogen-bond acceptors (Lipinski definition) is 4. The number of para-hydroxylation sites is 1. The van der Waals surface area contributed by atoms with Gasteiger partial charge in [-0.25, -0.2) is 4.98 Å². The SMILES string of the molecule is CCc1cccc2sc(N(CC3CCCO3)C(=O)c3ccc(C(F)(F)F)cc3)nc12. The van der Waals surface area contributed by atoms with E-state index in [-0.39, 0.29) is 17.6 Å². The van der Waals surface area contributed by atoms with E-state index in [1.54, 1.807) is 4.90 Å². The summed E-state index contributed by atoms with van der Waals surface area (Å²) in [5, 5.41) is 0.534. The summed E-state index contributed by atoms with van der Waals surface area (Å²) in [5.74, 6) is -0.378. The van der Waals surface area contributed by atoms with Crippen LogP contribution in [0.3, 0.4) is 0 Å². The van der Waals surface area contributed by atoms with Crippen molar-refractivity contribution < 1.29 is 22.7 Å². The highest BCUT2D eigenvalue weighted by molar-refractivity contribution is 7.22. The normalized spacial score (nSPS) is 16.9. The molecule has 0 saturated carbocycles. The minimum absolute atomic E-state index is 0.110. The third-order valence-corrected chi connectivity index (χ3v) is 6.26. The van der Waals surface area contributed by atoms with Crippen molar-refractivity contribution in [2.75, 3.05) is 18.1 Å². The summed E-state index contributed by atoms with van der Waals surface area (Å²) in [4.78, 5) is 19.5. The smallest absolute Gasteiger partial charge is 0.376 e. The molecule has 4 nitrogen and oxygen atoms in total. The highest BCUT2D eigenvalue weighted by Gasteiger charge is 2.31. The molecule has 4 rings (SSSR count). The molecular weight excluding hydrogens is 413 g/mol. The molecule has 1 aliphatic rings. The number of carbonyl (C=O) groups excluding carboxylic acids is 1.